The molecule has 0 atom stereocenters. The van der Waals surface area contributed by atoms with E-state index in [-0.39, 0.29) is 6.73 Å². The summed E-state index contributed by atoms with van der Waals surface area (Å²) < 4.78 is 9.88. The van der Waals surface area contributed by atoms with Gasteiger partial charge in [0.05, 0.1) is 26.5 Å². The van der Waals surface area contributed by atoms with Crippen LogP contribution in [0.25, 0.3) is 0 Å². The molecule has 0 aliphatic rings. The highest BCUT2D eigenvalue weighted by Crippen LogP contribution is 1.73. The second kappa shape index (κ2) is 12.2. The standard InChI is InChI=1S/C8H18N4O2/c9-1-5-14-8-12-3-2-11-4-6-13-7-10/h2-3H,1,4-10H2/b11-2?,12-3+. The summed E-state index contributed by atoms with van der Waals surface area (Å²) in [5.41, 5.74) is 10.3. The van der Waals surface area contributed by atoms with Crippen LogP contribution in [0.2, 0.25) is 0 Å². The lowest BCUT2D eigenvalue weighted by molar-refractivity contribution is 0.149. The third kappa shape index (κ3) is 11.2. The van der Waals surface area contributed by atoms with Crippen LogP contribution in [0.4, 0.5) is 0 Å². The van der Waals surface area contributed by atoms with Gasteiger partial charge in [0.15, 0.2) is 0 Å². The van der Waals surface area contributed by atoms with Crippen molar-refractivity contribution in [1.82, 2.24) is 0 Å². The second-order valence-electron chi connectivity index (χ2n) is 2.29. The van der Waals surface area contributed by atoms with Crippen molar-refractivity contribution in [2.75, 3.05) is 39.8 Å². The maximum atomic E-state index is 5.21. The number of ether oxygens (including phenoxy) is 2. The van der Waals surface area contributed by atoms with Crippen LogP contribution in [0, 0.1) is 0 Å². The maximum absolute atomic E-state index is 5.21. The molecule has 0 heterocycles. The minimum Gasteiger partial charge on any atom is -0.365 e. The van der Waals surface area contributed by atoms with E-state index in [2.05, 4.69) is 9.98 Å². The van der Waals surface area contributed by atoms with E-state index in [1.165, 1.54) is 0 Å². The van der Waals surface area contributed by atoms with Crippen molar-refractivity contribution < 1.29 is 9.47 Å². The summed E-state index contributed by atoms with van der Waals surface area (Å²) in [6.45, 7) is 2.72. The largest absolute Gasteiger partial charge is 0.365 e. The van der Waals surface area contributed by atoms with E-state index in [0.29, 0.717) is 33.0 Å². The Balaban J connectivity index is 3.15. The van der Waals surface area contributed by atoms with Crippen LogP contribution in [-0.4, -0.2) is 52.2 Å². The zero-order valence-electron chi connectivity index (χ0n) is 8.26. The quantitative estimate of drug-likeness (QED) is 0.284. The summed E-state index contributed by atoms with van der Waals surface area (Å²) in [5, 5.41) is 0. The Morgan fingerprint density at radius 3 is 2.50 bits per heavy atom. The summed E-state index contributed by atoms with van der Waals surface area (Å²) in [6, 6.07) is 0. The second-order valence-corrected chi connectivity index (χ2v) is 2.29. The number of hydrogen-bond acceptors (Lipinski definition) is 6. The van der Waals surface area contributed by atoms with Crippen molar-refractivity contribution in [3.8, 4) is 0 Å². The number of hydrogen-bond donors (Lipinski definition) is 2. The van der Waals surface area contributed by atoms with Crippen LogP contribution >= 0.6 is 0 Å². The van der Waals surface area contributed by atoms with E-state index >= 15 is 0 Å². The molecular weight excluding hydrogens is 184 g/mol. The third-order valence-electron chi connectivity index (χ3n) is 1.19. The normalized spacial score (nSPS) is 11.9. The molecule has 0 rings (SSSR count). The fourth-order valence-electron chi connectivity index (χ4n) is 0.613. The Bertz CT molecular complexity index is 143. The smallest absolute Gasteiger partial charge is 0.137 e. The predicted octanol–water partition coefficient (Wildman–Crippen LogP) is -1.01. The summed E-state index contributed by atoms with van der Waals surface area (Å²) >= 11 is 0. The molecule has 0 saturated carbocycles. The molecule has 4 N–H and O–H groups in total. The van der Waals surface area contributed by atoms with E-state index < -0.39 is 0 Å². The molecule has 0 aromatic rings. The van der Waals surface area contributed by atoms with Gasteiger partial charge in [-0.1, -0.05) is 0 Å². The molecule has 6 nitrogen and oxygen atoms in total. The van der Waals surface area contributed by atoms with Crippen LogP contribution in [0.3, 0.4) is 0 Å². The van der Waals surface area contributed by atoms with Crippen LogP contribution in [0.1, 0.15) is 0 Å². The first-order valence-corrected chi connectivity index (χ1v) is 4.45. The molecule has 0 aromatic carbocycles. The van der Waals surface area contributed by atoms with Gasteiger partial charge in [-0.2, -0.15) is 0 Å². The van der Waals surface area contributed by atoms with Gasteiger partial charge in [0.25, 0.3) is 0 Å². The lowest BCUT2D eigenvalue weighted by atomic mass is 10.7. The molecule has 0 bridgehead atoms. The Hall–Kier alpha value is -0.820. The summed E-state index contributed by atoms with van der Waals surface area (Å²) in [7, 11) is 0. The zero-order valence-corrected chi connectivity index (χ0v) is 8.26. The SMILES string of the molecule is NCCOC/N=C/C=NCCOCN. The molecule has 0 amide bonds. The van der Waals surface area contributed by atoms with Gasteiger partial charge in [-0.15, -0.1) is 0 Å². The topological polar surface area (TPSA) is 95.2 Å². The molecule has 0 aliphatic carbocycles. The highest BCUT2D eigenvalue weighted by atomic mass is 16.5. The molecule has 0 spiro atoms. The van der Waals surface area contributed by atoms with Crippen molar-refractivity contribution in [2.45, 2.75) is 0 Å². The van der Waals surface area contributed by atoms with Crippen LogP contribution < -0.4 is 11.5 Å². The van der Waals surface area contributed by atoms with Crippen molar-refractivity contribution in [3.63, 3.8) is 0 Å². The van der Waals surface area contributed by atoms with E-state index in [9.17, 15) is 0 Å². The van der Waals surface area contributed by atoms with Gasteiger partial charge < -0.3 is 20.9 Å². The number of nitrogens with two attached hydrogens (primary N) is 2. The number of aliphatic imine (C=N–C) groups is 2. The lowest BCUT2D eigenvalue weighted by Crippen LogP contribution is -2.08. The van der Waals surface area contributed by atoms with Gasteiger partial charge in [0.2, 0.25) is 0 Å². The van der Waals surface area contributed by atoms with Gasteiger partial charge in [-0.05, 0) is 0 Å². The number of nitrogens with zero attached hydrogens (tertiary/aromatic N) is 2. The van der Waals surface area contributed by atoms with Gasteiger partial charge >= 0.3 is 0 Å². The molecule has 0 radical (unpaired) electrons. The number of rotatable bonds is 9. The van der Waals surface area contributed by atoms with Gasteiger partial charge in [-0.3, -0.25) is 9.98 Å². The minimum absolute atomic E-state index is 0.233. The highest BCUT2D eigenvalue weighted by molar-refractivity contribution is 6.15. The monoisotopic (exact) mass is 202 g/mol. The molecule has 0 aliphatic heterocycles. The Morgan fingerprint density at radius 2 is 1.79 bits per heavy atom. The predicted molar refractivity (Wildman–Crippen MR) is 56.7 cm³/mol. The highest BCUT2D eigenvalue weighted by Gasteiger charge is 1.80. The first-order chi connectivity index (χ1) is 6.91. The Morgan fingerprint density at radius 1 is 1.00 bits per heavy atom. The first kappa shape index (κ1) is 13.2. The van der Waals surface area contributed by atoms with Crippen molar-refractivity contribution in [3.05, 3.63) is 0 Å². The van der Waals surface area contributed by atoms with Crippen LogP contribution in [-0.2, 0) is 9.47 Å². The molecule has 6 heteroatoms. The molecule has 0 saturated heterocycles. The zero-order chi connectivity index (χ0) is 10.5. The van der Waals surface area contributed by atoms with E-state index in [0.717, 1.165) is 0 Å². The molecule has 82 valence electrons. The van der Waals surface area contributed by atoms with Crippen LogP contribution in [0.15, 0.2) is 9.98 Å². The summed E-state index contributed by atoms with van der Waals surface area (Å²) in [6.07, 6.45) is 3.19. The Kier molecular flexibility index (Phi) is 11.5. The average molecular weight is 202 g/mol. The van der Waals surface area contributed by atoms with Crippen LogP contribution in [0.5, 0.6) is 0 Å². The van der Waals surface area contributed by atoms with E-state index in [4.69, 9.17) is 20.9 Å². The summed E-state index contributed by atoms with van der Waals surface area (Å²) in [4.78, 5) is 7.90. The van der Waals surface area contributed by atoms with Gasteiger partial charge in [0, 0.05) is 19.0 Å². The van der Waals surface area contributed by atoms with E-state index in [1.807, 2.05) is 0 Å². The molecule has 14 heavy (non-hydrogen) atoms. The van der Waals surface area contributed by atoms with Crippen molar-refractivity contribution in [2.24, 2.45) is 21.5 Å². The lowest BCUT2D eigenvalue weighted by Gasteiger charge is -1.95. The van der Waals surface area contributed by atoms with Crippen molar-refractivity contribution in [1.29, 1.82) is 0 Å². The molecule has 0 aromatic heterocycles. The molecular formula is C8H18N4O2. The Labute approximate surface area is 84.0 Å². The fraction of sp³-hybridized carbons (Fsp3) is 0.750. The minimum atomic E-state index is 0.233. The summed E-state index contributed by atoms with van der Waals surface area (Å²) in [5.74, 6) is 0. The first-order valence-electron chi connectivity index (χ1n) is 4.45. The fourth-order valence-corrected chi connectivity index (χ4v) is 0.613. The van der Waals surface area contributed by atoms with E-state index in [1.54, 1.807) is 12.4 Å². The average Bonchev–Trinajstić information content (AvgIpc) is 2.21. The molecule has 0 fully saturated rings. The van der Waals surface area contributed by atoms with Crippen molar-refractivity contribution >= 4 is 12.4 Å². The molecule has 0 unspecified atom stereocenters. The third-order valence-corrected chi connectivity index (χ3v) is 1.19. The van der Waals surface area contributed by atoms with Gasteiger partial charge in [-0.25, -0.2) is 0 Å². The maximum Gasteiger partial charge on any atom is 0.137 e. The van der Waals surface area contributed by atoms with Gasteiger partial charge in [0.1, 0.15) is 6.73 Å².